The van der Waals surface area contributed by atoms with Gasteiger partial charge in [-0.05, 0) is 43.2 Å². The summed E-state index contributed by atoms with van der Waals surface area (Å²) in [5.74, 6) is 0.171. The van der Waals surface area contributed by atoms with Crippen molar-refractivity contribution < 1.29 is 19.1 Å². The van der Waals surface area contributed by atoms with Gasteiger partial charge < -0.3 is 9.47 Å². The molecule has 0 radical (unpaired) electrons. The zero-order chi connectivity index (χ0) is 18.1. The molecule has 2 N–H and O–H groups in total. The summed E-state index contributed by atoms with van der Waals surface area (Å²) in [7, 11) is 0. The lowest BCUT2D eigenvalue weighted by Gasteiger charge is -2.12. The smallest absolute Gasteiger partial charge is 0.276 e. The largest absolute Gasteiger partial charge is 0.493 e. The molecule has 2 aromatic carbocycles. The highest BCUT2D eigenvalue weighted by Crippen LogP contribution is 2.17. The number of benzene rings is 2. The van der Waals surface area contributed by atoms with Gasteiger partial charge in [-0.1, -0.05) is 31.2 Å². The maximum Gasteiger partial charge on any atom is 0.276 e. The minimum Gasteiger partial charge on any atom is -0.493 e. The van der Waals surface area contributed by atoms with Gasteiger partial charge in [0.25, 0.3) is 11.8 Å². The third-order valence-corrected chi connectivity index (χ3v) is 3.27. The van der Waals surface area contributed by atoms with Gasteiger partial charge in [0.15, 0.2) is 6.61 Å². The molecule has 2 rings (SSSR count). The van der Waals surface area contributed by atoms with Crippen molar-refractivity contribution >= 4 is 11.8 Å². The third-order valence-electron chi connectivity index (χ3n) is 3.27. The fourth-order valence-electron chi connectivity index (χ4n) is 2.08. The Labute approximate surface area is 147 Å². The molecular formula is C19H22N2O4. The van der Waals surface area contributed by atoms with Crippen molar-refractivity contribution in [3.05, 3.63) is 59.7 Å². The van der Waals surface area contributed by atoms with Gasteiger partial charge in [0.1, 0.15) is 11.5 Å². The van der Waals surface area contributed by atoms with Gasteiger partial charge >= 0.3 is 0 Å². The fourth-order valence-corrected chi connectivity index (χ4v) is 2.08. The highest BCUT2D eigenvalue weighted by Gasteiger charge is 2.13. The minimum atomic E-state index is -0.457. The molecule has 0 aliphatic carbocycles. The molecule has 0 aliphatic heterocycles. The van der Waals surface area contributed by atoms with Crippen LogP contribution in [0.15, 0.2) is 48.5 Å². The first-order valence-corrected chi connectivity index (χ1v) is 8.10. The molecule has 0 bridgehead atoms. The predicted molar refractivity (Wildman–Crippen MR) is 94.5 cm³/mol. The number of hydrazine groups is 1. The van der Waals surface area contributed by atoms with Crippen molar-refractivity contribution in [2.45, 2.75) is 20.3 Å². The van der Waals surface area contributed by atoms with Crippen molar-refractivity contribution in [2.24, 2.45) is 0 Å². The highest BCUT2D eigenvalue weighted by molar-refractivity contribution is 5.97. The van der Waals surface area contributed by atoms with Crippen molar-refractivity contribution in [1.29, 1.82) is 0 Å². The average Bonchev–Trinajstić information content (AvgIpc) is 2.63. The lowest BCUT2D eigenvalue weighted by molar-refractivity contribution is -0.123. The second-order valence-electron chi connectivity index (χ2n) is 5.45. The van der Waals surface area contributed by atoms with Crippen molar-refractivity contribution in [1.82, 2.24) is 10.9 Å². The summed E-state index contributed by atoms with van der Waals surface area (Å²) in [6.45, 7) is 4.24. The van der Waals surface area contributed by atoms with E-state index in [1.165, 1.54) is 0 Å². The number of hydrogen-bond acceptors (Lipinski definition) is 4. The molecule has 2 aromatic rings. The molecular weight excluding hydrogens is 320 g/mol. The van der Waals surface area contributed by atoms with Gasteiger partial charge in [0, 0.05) is 0 Å². The standard InChI is InChI=1S/C19H22N2O4/c1-3-11-24-17-10-5-4-9-16(17)19(23)21-20-18(22)13-25-15-8-6-7-14(2)12-15/h4-10,12H,3,11,13H2,1-2H3,(H,20,22)(H,21,23). The summed E-state index contributed by atoms with van der Waals surface area (Å²) >= 11 is 0. The Balaban J connectivity index is 1.84. The SMILES string of the molecule is CCCOc1ccccc1C(=O)NNC(=O)COc1cccc(C)c1. The van der Waals surface area contributed by atoms with Gasteiger partial charge in [-0.3, -0.25) is 20.4 Å². The molecule has 0 unspecified atom stereocenters. The molecule has 0 saturated carbocycles. The Kier molecular flexibility index (Phi) is 6.83. The number of rotatable bonds is 7. The Bertz CT molecular complexity index is 731. The zero-order valence-corrected chi connectivity index (χ0v) is 14.4. The van der Waals surface area contributed by atoms with Crippen LogP contribution >= 0.6 is 0 Å². The zero-order valence-electron chi connectivity index (χ0n) is 14.4. The number of carbonyl (C=O) groups excluding carboxylic acids is 2. The summed E-state index contributed by atoms with van der Waals surface area (Å²) in [6.07, 6.45) is 0.836. The van der Waals surface area contributed by atoms with E-state index in [0.29, 0.717) is 23.7 Å². The molecule has 2 amide bonds. The normalized spacial score (nSPS) is 10.0. The summed E-state index contributed by atoms with van der Waals surface area (Å²) in [6, 6.07) is 14.2. The molecule has 0 heterocycles. The van der Waals surface area contributed by atoms with Gasteiger partial charge in [0.05, 0.1) is 12.2 Å². The topological polar surface area (TPSA) is 76.7 Å². The van der Waals surface area contributed by atoms with Crippen molar-refractivity contribution in [2.75, 3.05) is 13.2 Å². The lowest BCUT2D eigenvalue weighted by Crippen LogP contribution is -2.43. The van der Waals surface area contributed by atoms with Crippen LogP contribution in [0, 0.1) is 6.92 Å². The van der Waals surface area contributed by atoms with E-state index in [2.05, 4.69) is 10.9 Å². The second-order valence-corrected chi connectivity index (χ2v) is 5.45. The molecule has 132 valence electrons. The Morgan fingerprint density at radius 2 is 1.80 bits per heavy atom. The van der Waals surface area contributed by atoms with E-state index >= 15 is 0 Å². The Morgan fingerprint density at radius 1 is 1.00 bits per heavy atom. The maximum atomic E-state index is 12.2. The van der Waals surface area contributed by atoms with Crippen LogP contribution < -0.4 is 20.3 Å². The minimum absolute atomic E-state index is 0.197. The van der Waals surface area contributed by atoms with E-state index in [-0.39, 0.29) is 6.61 Å². The summed E-state index contributed by atoms with van der Waals surface area (Å²) < 4.78 is 10.9. The number of para-hydroxylation sites is 1. The van der Waals surface area contributed by atoms with Crippen LogP contribution in [0.1, 0.15) is 29.3 Å². The molecule has 6 heteroatoms. The molecule has 6 nitrogen and oxygen atoms in total. The molecule has 0 aromatic heterocycles. The van der Waals surface area contributed by atoms with Gasteiger partial charge in [-0.15, -0.1) is 0 Å². The lowest BCUT2D eigenvalue weighted by atomic mass is 10.2. The van der Waals surface area contributed by atoms with E-state index in [1.54, 1.807) is 30.3 Å². The van der Waals surface area contributed by atoms with E-state index in [0.717, 1.165) is 12.0 Å². The predicted octanol–water partition coefficient (Wildman–Crippen LogP) is 2.62. The molecule has 0 aliphatic rings. The fraction of sp³-hybridized carbons (Fsp3) is 0.263. The van der Waals surface area contributed by atoms with Crippen LogP contribution in [0.5, 0.6) is 11.5 Å². The van der Waals surface area contributed by atoms with Crippen LogP contribution in [0.25, 0.3) is 0 Å². The number of carbonyl (C=O) groups is 2. The molecule has 0 spiro atoms. The third kappa shape index (κ3) is 5.84. The number of nitrogens with one attached hydrogen (secondary N) is 2. The van der Waals surface area contributed by atoms with Crippen molar-refractivity contribution in [3.63, 3.8) is 0 Å². The van der Waals surface area contributed by atoms with Crippen LogP contribution in [-0.4, -0.2) is 25.0 Å². The van der Waals surface area contributed by atoms with Crippen LogP contribution in [0.4, 0.5) is 0 Å². The number of hydrogen-bond donors (Lipinski definition) is 2. The summed E-state index contributed by atoms with van der Waals surface area (Å²) in [5.41, 5.74) is 6.09. The molecule has 25 heavy (non-hydrogen) atoms. The van der Waals surface area contributed by atoms with E-state index < -0.39 is 11.8 Å². The number of amides is 2. The number of aryl methyl sites for hydroxylation is 1. The van der Waals surface area contributed by atoms with Crippen LogP contribution in [0.3, 0.4) is 0 Å². The first kappa shape index (κ1) is 18.3. The Morgan fingerprint density at radius 3 is 2.56 bits per heavy atom. The first-order valence-electron chi connectivity index (χ1n) is 8.10. The molecule has 0 atom stereocenters. The van der Waals surface area contributed by atoms with Gasteiger partial charge in [-0.2, -0.15) is 0 Å². The Hall–Kier alpha value is -3.02. The second kappa shape index (κ2) is 9.32. The highest BCUT2D eigenvalue weighted by atomic mass is 16.5. The van der Waals surface area contributed by atoms with E-state index in [4.69, 9.17) is 9.47 Å². The van der Waals surface area contributed by atoms with E-state index in [1.807, 2.05) is 32.0 Å². The van der Waals surface area contributed by atoms with Gasteiger partial charge in [-0.25, -0.2) is 0 Å². The summed E-state index contributed by atoms with van der Waals surface area (Å²) in [5, 5.41) is 0. The van der Waals surface area contributed by atoms with E-state index in [9.17, 15) is 9.59 Å². The first-order chi connectivity index (χ1) is 12.1. The molecule has 0 fully saturated rings. The van der Waals surface area contributed by atoms with Gasteiger partial charge in [0.2, 0.25) is 0 Å². The van der Waals surface area contributed by atoms with Crippen LogP contribution in [-0.2, 0) is 4.79 Å². The quantitative estimate of drug-likeness (QED) is 0.759. The van der Waals surface area contributed by atoms with Crippen LogP contribution in [0.2, 0.25) is 0 Å². The monoisotopic (exact) mass is 342 g/mol. The maximum absolute atomic E-state index is 12.2. The number of ether oxygens (including phenoxy) is 2. The molecule has 0 saturated heterocycles. The average molecular weight is 342 g/mol. The summed E-state index contributed by atoms with van der Waals surface area (Å²) in [4.78, 5) is 24.0. The van der Waals surface area contributed by atoms with Crippen molar-refractivity contribution in [3.8, 4) is 11.5 Å².